The van der Waals surface area contributed by atoms with Crippen LogP contribution in [0.5, 0.6) is 0 Å². The maximum absolute atomic E-state index is 12.3. The highest BCUT2D eigenvalue weighted by atomic mass is 16.2. The minimum atomic E-state index is -0.222. The lowest BCUT2D eigenvalue weighted by Crippen LogP contribution is -2.34. The number of rotatable bonds is 6. The van der Waals surface area contributed by atoms with E-state index in [4.69, 9.17) is 0 Å². The van der Waals surface area contributed by atoms with Gasteiger partial charge in [0.1, 0.15) is 6.54 Å². The molecule has 6 heteroatoms. The molecular weight excluding hydrogens is 304 g/mol. The van der Waals surface area contributed by atoms with E-state index in [0.29, 0.717) is 19.6 Å². The fourth-order valence-electron chi connectivity index (χ4n) is 2.67. The molecule has 1 aromatic carbocycles. The molecule has 0 fully saturated rings. The second-order valence-electron chi connectivity index (χ2n) is 6.04. The lowest BCUT2D eigenvalue weighted by atomic mass is 10.2. The number of benzene rings is 1. The molecule has 0 spiro atoms. The molecule has 0 aliphatic rings. The van der Waals surface area contributed by atoms with E-state index in [0.717, 1.165) is 16.6 Å². The van der Waals surface area contributed by atoms with E-state index in [-0.39, 0.29) is 18.0 Å². The largest absolute Gasteiger partial charge is 0.342 e. The van der Waals surface area contributed by atoms with Crippen LogP contribution in [0.2, 0.25) is 0 Å². The number of hydrogen-bond acceptors (Lipinski definition) is 2. The van der Waals surface area contributed by atoms with E-state index in [1.54, 1.807) is 0 Å². The highest BCUT2D eigenvalue weighted by Gasteiger charge is 2.12. The van der Waals surface area contributed by atoms with Crippen LogP contribution in [-0.2, 0) is 11.3 Å². The summed E-state index contributed by atoms with van der Waals surface area (Å²) < 4.78 is 1.94. The van der Waals surface area contributed by atoms with Crippen LogP contribution in [0.3, 0.4) is 0 Å². The molecule has 0 saturated heterocycles. The van der Waals surface area contributed by atoms with Gasteiger partial charge in [0.05, 0.1) is 0 Å². The Bertz CT molecular complexity index is 717. The Labute approximate surface area is 142 Å². The highest BCUT2D eigenvalue weighted by Crippen LogP contribution is 2.20. The van der Waals surface area contributed by atoms with Gasteiger partial charge in [0, 0.05) is 41.9 Å². The fourth-order valence-corrected chi connectivity index (χ4v) is 2.67. The summed E-state index contributed by atoms with van der Waals surface area (Å²) in [4.78, 5) is 25.9. The van der Waals surface area contributed by atoms with Crippen molar-refractivity contribution >= 4 is 28.5 Å². The van der Waals surface area contributed by atoms with Gasteiger partial charge < -0.3 is 20.1 Å². The predicted octanol–water partition coefficient (Wildman–Crippen LogP) is 3.04. The van der Waals surface area contributed by atoms with Crippen LogP contribution in [0.15, 0.2) is 30.5 Å². The minimum absolute atomic E-state index is 0.0842. The van der Waals surface area contributed by atoms with Gasteiger partial charge in [-0.25, -0.2) is 4.79 Å². The van der Waals surface area contributed by atoms with Crippen LogP contribution in [0, 0.1) is 0 Å². The van der Waals surface area contributed by atoms with Crippen molar-refractivity contribution in [3.63, 3.8) is 0 Å². The molecule has 2 rings (SSSR count). The highest BCUT2D eigenvalue weighted by molar-refractivity contribution is 5.93. The van der Waals surface area contributed by atoms with Gasteiger partial charge in [0.25, 0.3) is 0 Å². The number of nitrogens with one attached hydrogen (secondary N) is 2. The van der Waals surface area contributed by atoms with Gasteiger partial charge in [-0.1, -0.05) is 0 Å². The van der Waals surface area contributed by atoms with Gasteiger partial charge in [-0.2, -0.15) is 0 Å². The molecule has 0 aliphatic heterocycles. The fraction of sp³-hybridized carbons (Fsp3) is 0.444. The van der Waals surface area contributed by atoms with Crippen LogP contribution < -0.4 is 10.6 Å². The van der Waals surface area contributed by atoms with Crippen molar-refractivity contribution < 1.29 is 9.59 Å². The number of urea groups is 1. The Hall–Kier alpha value is -2.50. The Morgan fingerprint density at radius 1 is 1.17 bits per heavy atom. The Morgan fingerprint density at radius 3 is 2.50 bits per heavy atom. The smallest absolute Gasteiger partial charge is 0.319 e. The van der Waals surface area contributed by atoms with Crippen molar-refractivity contribution in [1.29, 1.82) is 0 Å². The third-order valence-corrected chi connectivity index (χ3v) is 3.87. The summed E-state index contributed by atoms with van der Waals surface area (Å²) >= 11 is 0. The van der Waals surface area contributed by atoms with Crippen molar-refractivity contribution in [1.82, 2.24) is 14.8 Å². The molecule has 3 amide bonds. The standard InChI is InChI=1S/C18H26N4O2/c1-5-21(6-2)17(23)12-22-10-9-14-11-15(7-8-16(14)22)20-18(24)19-13(3)4/h7-11,13H,5-6,12H2,1-4H3,(H2,19,20,24). The van der Waals surface area contributed by atoms with E-state index in [2.05, 4.69) is 10.6 Å². The second kappa shape index (κ2) is 7.86. The molecule has 0 bridgehead atoms. The maximum atomic E-state index is 12.3. The normalized spacial score (nSPS) is 10.9. The summed E-state index contributed by atoms with van der Waals surface area (Å²) in [5, 5.41) is 6.60. The van der Waals surface area contributed by atoms with Gasteiger partial charge in [0.2, 0.25) is 5.91 Å². The Morgan fingerprint density at radius 2 is 1.88 bits per heavy atom. The lowest BCUT2D eigenvalue weighted by molar-refractivity contribution is -0.131. The van der Waals surface area contributed by atoms with Crippen LogP contribution in [-0.4, -0.2) is 40.5 Å². The van der Waals surface area contributed by atoms with E-state index >= 15 is 0 Å². The van der Waals surface area contributed by atoms with Crippen LogP contribution >= 0.6 is 0 Å². The quantitative estimate of drug-likeness (QED) is 0.855. The number of amides is 3. The predicted molar refractivity (Wildman–Crippen MR) is 97.2 cm³/mol. The first-order chi connectivity index (χ1) is 11.4. The molecule has 130 valence electrons. The lowest BCUT2D eigenvalue weighted by Gasteiger charge is -2.19. The van der Waals surface area contributed by atoms with E-state index in [1.807, 2.05) is 67.6 Å². The van der Waals surface area contributed by atoms with Crippen molar-refractivity contribution in [2.45, 2.75) is 40.3 Å². The zero-order chi connectivity index (χ0) is 17.7. The van der Waals surface area contributed by atoms with Gasteiger partial charge in [-0.3, -0.25) is 4.79 Å². The zero-order valence-corrected chi connectivity index (χ0v) is 14.8. The van der Waals surface area contributed by atoms with Crippen molar-refractivity contribution in [2.24, 2.45) is 0 Å². The van der Waals surface area contributed by atoms with Crippen LogP contribution in [0.4, 0.5) is 10.5 Å². The number of fused-ring (bicyclic) bond motifs is 1. The van der Waals surface area contributed by atoms with Crippen LogP contribution in [0.1, 0.15) is 27.7 Å². The summed E-state index contributed by atoms with van der Waals surface area (Å²) in [5.74, 6) is 0.107. The number of hydrogen-bond donors (Lipinski definition) is 2. The van der Waals surface area contributed by atoms with Gasteiger partial charge in [0.15, 0.2) is 0 Å². The third kappa shape index (κ3) is 4.28. The summed E-state index contributed by atoms with van der Waals surface area (Å²) in [7, 11) is 0. The molecule has 1 aromatic heterocycles. The molecular formula is C18H26N4O2. The van der Waals surface area contributed by atoms with Gasteiger partial charge in [-0.05, 0) is 52.0 Å². The number of aromatic nitrogens is 1. The van der Waals surface area contributed by atoms with Crippen molar-refractivity contribution in [3.05, 3.63) is 30.5 Å². The topological polar surface area (TPSA) is 66.4 Å². The molecule has 0 unspecified atom stereocenters. The number of carbonyl (C=O) groups excluding carboxylic acids is 2. The number of likely N-dealkylation sites (N-methyl/N-ethyl adjacent to an activating group) is 1. The number of anilines is 1. The molecule has 2 aromatic rings. The van der Waals surface area contributed by atoms with E-state index in [9.17, 15) is 9.59 Å². The summed E-state index contributed by atoms with van der Waals surface area (Å²) in [6, 6.07) is 7.50. The Kier molecular flexibility index (Phi) is 5.84. The number of nitrogens with zero attached hydrogens (tertiary/aromatic N) is 2. The first-order valence-electron chi connectivity index (χ1n) is 8.38. The van der Waals surface area contributed by atoms with Crippen LogP contribution in [0.25, 0.3) is 10.9 Å². The summed E-state index contributed by atoms with van der Waals surface area (Å²) in [6.07, 6.45) is 1.91. The van der Waals surface area contributed by atoms with E-state index < -0.39 is 0 Å². The van der Waals surface area contributed by atoms with E-state index in [1.165, 1.54) is 0 Å². The zero-order valence-electron chi connectivity index (χ0n) is 14.8. The minimum Gasteiger partial charge on any atom is -0.342 e. The summed E-state index contributed by atoms with van der Waals surface area (Å²) in [6.45, 7) is 9.54. The monoisotopic (exact) mass is 330 g/mol. The molecule has 0 radical (unpaired) electrons. The van der Waals surface area contributed by atoms with Crippen molar-refractivity contribution in [2.75, 3.05) is 18.4 Å². The molecule has 0 saturated carbocycles. The molecule has 2 N–H and O–H groups in total. The SMILES string of the molecule is CCN(CC)C(=O)Cn1ccc2cc(NC(=O)NC(C)C)ccc21. The molecule has 6 nitrogen and oxygen atoms in total. The number of carbonyl (C=O) groups is 2. The van der Waals surface area contributed by atoms with Gasteiger partial charge in [-0.15, -0.1) is 0 Å². The molecule has 1 heterocycles. The molecule has 24 heavy (non-hydrogen) atoms. The molecule has 0 atom stereocenters. The average Bonchev–Trinajstić information content (AvgIpc) is 2.90. The summed E-state index contributed by atoms with van der Waals surface area (Å²) in [5.41, 5.74) is 1.71. The molecule has 0 aliphatic carbocycles. The third-order valence-electron chi connectivity index (χ3n) is 3.87. The average molecular weight is 330 g/mol. The first-order valence-corrected chi connectivity index (χ1v) is 8.38. The Balaban J connectivity index is 2.13. The van der Waals surface area contributed by atoms with Gasteiger partial charge >= 0.3 is 6.03 Å². The maximum Gasteiger partial charge on any atom is 0.319 e. The first kappa shape index (κ1) is 17.8. The van der Waals surface area contributed by atoms with Crippen molar-refractivity contribution in [3.8, 4) is 0 Å². The second-order valence-corrected chi connectivity index (χ2v) is 6.04.